The molecule has 0 saturated carbocycles. The average Bonchev–Trinajstić information content (AvgIpc) is 2.38. The summed E-state index contributed by atoms with van der Waals surface area (Å²) in [6, 6.07) is 0. The van der Waals surface area contributed by atoms with Crippen molar-refractivity contribution < 1.29 is 14.3 Å². The third kappa shape index (κ3) is 6.39. The zero-order valence-corrected chi connectivity index (χ0v) is 13.9. The number of piperidine rings is 1. The minimum atomic E-state index is -0.485. The Labute approximate surface area is 129 Å². The number of terminal acetylenes is 1. The molecule has 0 aliphatic carbocycles. The SMILES string of the molecule is C#CCC(CCC)OC1CCCCN1C(=O)OC(C)(C)C. The quantitative estimate of drug-likeness (QED) is 0.721. The summed E-state index contributed by atoms with van der Waals surface area (Å²) < 4.78 is 11.6. The Bertz CT molecular complexity index is 367. The van der Waals surface area contributed by atoms with Crippen molar-refractivity contribution in [2.75, 3.05) is 6.54 Å². The second-order valence-corrected chi connectivity index (χ2v) is 6.58. The Hall–Kier alpha value is -1.21. The first-order valence-corrected chi connectivity index (χ1v) is 7.96. The predicted molar refractivity (Wildman–Crippen MR) is 83.8 cm³/mol. The van der Waals surface area contributed by atoms with Crippen LogP contribution in [-0.4, -0.2) is 35.5 Å². The molecule has 1 aliphatic heterocycles. The Morgan fingerprint density at radius 3 is 2.71 bits per heavy atom. The molecule has 21 heavy (non-hydrogen) atoms. The van der Waals surface area contributed by atoms with Crippen LogP contribution < -0.4 is 0 Å². The highest BCUT2D eigenvalue weighted by Gasteiger charge is 2.32. The molecule has 0 bridgehead atoms. The molecule has 0 radical (unpaired) electrons. The zero-order chi connectivity index (χ0) is 15.9. The fraction of sp³-hybridized carbons (Fsp3) is 0.824. The molecule has 2 unspecified atom stereocenters. The third-order valence-electron chi connectivity index (χ3n) is 3.38. The zero-order valence-electron chi connectivity index (χ0n) is 13.9. The smallest absolute Gasteiger partial charge is 0.412 e. The lowest BCUT2D eigenvalue weighted by molar-refractivity contribution is -0.114. The van der Waals surface area contributed by atoms with Gasteiger partial charge in [-0.25, -0.2) is 4.79 Å². The van der Waals surface area contributed by atoms with E-state index in [4.69, 9.17) is 15.9 Å². The lowest BCUT2D eigenvalue weighted by Gasteiger charge is -2.38. The highest BCUT2D eigenvalue weighted by atomic mass is 16.6. The second kappa shape index (κ2) is 8.29. The van der Waals surface area contributed by atoms with E-state index in [0.717, 1.165) is 32.1 Å². The normalized spacial score (nSPS) is 20.7. The summed E-state index contributed by atoms with van der Waals surface area (Å²) in [5.41, 5.74) is -0.485. The molecule has 2 atom stereocenters. The number of ether oxygens (including phenoxy) is 2. The molecular weight excluding hydrogens is 266 g/mol. The van der Waals surface area contributed by atoms with Gasteiger partial charge in [-0.2, -0.15) is 0 Å². The molecule has 0 aromatic rings. The third-order valence-corrected chi connectivity index (χ3v) is 3.38. The van der Waals surface area contributed by atoms with Gasteiger partial charge in [0.15, 0.2) is 0 Å². The van der Waals surface area contributed by atoms with Crippen LogP contribution in [0.2, 0.25) is 0 Å². The van der Waals surface area contributed by atoms with E-state index in [9.17, 15) is 4.79 Å². The molecule has 4 nitrogen and oxygen atoms in total. The monoisotopic (exact) mass is 295 g/mol. The molecule has 0 aromatic carbocycles. The first kappa shape index (κ1) is 17.8. The fourth-order valence-electron chi connectivity index (χ4n) is 2.47. The van der Waals surface area contributed by atoms with Crippen LogP contribution in [0, 0.1) is 12.3 Å². The summed E-state index contributed by atoms with van der Waals surface area (Å²) in [6.07, 6.45) is 10.4. The molecule has 1 rings (SSSR count). The van der Waals surface area contributed by atoms with Gasteiger partial charge in [0.05, 0.1) is 6.10 Å². The van der Waals surface area contributed by atoms with Crippen molar-refractivity contribution in [1.29, 1.82) is 0 Å². The van der Waals surface area contributed by atoms with E-state index in [-0.39, 0.29) is 18.4 Å². The van der Waals surface area contributed by atoms with Gasteiger partial charge in [0.2, 0.25) is 0 Å². The standard InChI is InChI=1S/C17H29NO3/c1-6-10-14(11-7-2)20-15-12-8-9-13-18(15)16(19)21-17(3,4)5/h1,14-15H,7-13H2,2-5H3. The maximum Gasteiger partial charge on any atom is 0.412 e. The van der Waals surface area contributed by atoms with E-state index >= 15 is 0 Å². The molecule has 1 heterocycles. The van der Waals surface area contributed by atoms with Crippen LogP contribution in [0.1, 0.15) is 66.2 Å². The second-order valence-electron chi connectivity index (χ2n) is 6.58. The number of likely N-dealkylation sites (tertiary alicyclic amines) is 1. The minimum absolute atomic E-state index is 0.0213. The molecule has 1 amide bonds. The van der Waals surface area contributed by atoms with Crippen LogP contribution in [-0.2, 0) is 9.47 Å². The van der Waals surface area contributed by atoms with Crippen molar-refractivity contribution in [3.63, 3.8) is 0 Å². The summed E-state index contributed by atoms with van der Waals surface area (Å²) >= 11 is 0. The lowest BCUT2D eigenvalue weighted by atomic mass is 10.1. The Morgan fingerprint density at radius 1 is 1.43 bits per heavy atom. The van der Waals surface area contributed by atoms with Gasteiger partial charge < -0.3 is 9.47 Å². The number of hydrogen-bond acceptors (Lipinski definition) is 3. The lowest BCUT2D eigenvalue weighted by Crippen LogP contribution is -2.48. The first-order chi connectivity index (χ1) is 9.87. The van der Waals surface area contributed by atoms with Crippen molar-refractivity contribution in [1.82, 2.24) is 4.90 Å². The Kier molecular flexibility index (Phi) is 7.04. The van der Waals surface area contributed by atoms with Gasteiger partial charge in [-0.1, -0.05) is 13.3 Å². The molecule has 1 saturated heterocycles. The largest absolute Gasteiger partial charge is 0.444 e. The van der Waals surface area contributed by atoms with E-state index in [1.807, 2.05) is 20.8 Å². The van der Waals surface area contributed by atoms with Gasteiger partial charge in [0.25, 0.3) is 0 Å². The highest BCUT2D eigenvalue weighted by Crippen LogP contribution is 2.23. The van der Waals surface area contributed by atoms with E-state index < -0.39 is 5.60 Å². The topological polar surface area (TPSA) is 38.8 Å². The van der Waals surface area contributed by atoms with Crippen molar-refractivity contribution >= 4 is 6.09 Å². The number of rotatable bonds is 5. The average molecular weight is 295 g/mol. The number of amides is 1. The van der Waals surface area contributed by atoms with Gasteiger partial charge in [0.1, 0.15) is 11.8 Å². The van der Waals surface area contributed by atoms with Gasteiger partial charge in [-0.15, -0.1) is 12.3 Å². The molecule has 0 aromatic heterocycles. The fourth-order valence-corrected chi connectivity index (χ4v) is 2.47. The predicted octanol–water partition coefficient (Wildman–Crippen LogP) is 3.94. The van der Waals surface area contributed by atoms with Gasteiger partial charge >= 0.3 is 6.09 Å². The van der Waals surface area contributed by atoms with E-state index in [0.29, 0.717) is 13.0 Å². The number of carbonyl (C=O) groups excluding carboxylic acids is 1. The molecule has 0 spiro atoms. The van der Waals surface area contributed by atoms with Crippen LogP contribution in [0.3, 0.4) is 0 Å². The number of carbonyl (C=O) groups is 1. The number of hydrogen-bond donors (Lipinski definition) is 0. The molecule has 1 aliphatic rings. The van der Waals surface area contributed by atoms with Crippen LogP contribution in [0.5, 0.6) is 0 Å². The van der Waals surface area contributed by atoms with E-state index in [1.54, 1.807) is 4.90 Å². The Morgan fingerprint density at radius 2 is 2.14 bits per heavy atom. The highest BCUT2D eigenvalue weighted by molar-refractivity contribution is 5.68. The first-order valence-electron chi connectivity index (χ1n) is 7.96. The maximum absolute atomic E-state index is 12.3. The van der Waals surface area contributed by atoms with Crippen molar-refractivity contribution in [3.05, 3.63) is 0 Å². The summed E-state index contributed by atoms with van der Waals surface area (Å²) in [6.45, 7) is 8.43. The summed E-state index contributed by atoms with van der Waals surface area (Å²) in [5, 5.41) is 0. The van der Waals surface area contributed by atoms with Gasteiger partial charge in [-0.3, -0.25) is 4.90 Å². The van der Waals surface area contributed by atoms with E-state index in [2.05, 4.69) is 12.8 Å². The van der Waals surface area contributed by atoms with Crippen molar-refractivity contribution in [2.24, 2.45) is 0 Å². The summed E-state index contributed by atoms with van der Waals surface area (Å²) in [5.74, 6) is 2.66. The maximum atomic E-state index is 12.3. The summed E-state index contributed by atoms with van der Waals surface area (Å²) in [4.78, 5) is 14.0. The van der Waals surface area contributed by atoms with Crippen LogP contribution in [0.4, 0.5) is 4.79 Å². The van der Waals surface area contributed by atoms with Gasteiger partial charge in [-0.05, 0) is 46.5 Å². The van der Waals surface area contributed by atoms with Crippen LogP contribution in [0.15, 0.2) is 0 Å². The molecule has 0 N–H and O–H groups in total. The number of nitrogens with zero attached hydrogens (tertiary/aromatic N) is 1. The molecule has 120 valence electrons. The van der Waals surface area contributed by atoms with E-state index in [1.165, 1.54) is 0 Å². The van der Waals surface area contributed by atoms with Crippen LogP contribution in [0.25, 0.3) is 0 Å². The summed E-state index contributed by atoms with van der Waals surface area (Å²) in [7, 11) is 0. The van der Waals surface area contributed by atoms with Crippen LogP contribution >= 0.6 is 0 Å². The molecule has 4 heteroatoms. The van der Waals surface area contributed by atoms with Gasteiger partial charge in [0, 0.05) is 13.0 Å². The Balaban J connectivity index is 2.68. The minimum Gasteiger partial charge on any atom is -0.444 e. The van der Waals surface area contributed by atoms with Crippen molar-refractivity contribution in [3.8, 4) is 12.3 Å². The molecular formula is C17H29NO3. The van der Waals surface area contributed by atoms with Crippen molar-refractivity contribution in [2.45, 2.75) is 84.2 Å². The molecule has 1 fully saturated rings.